The molecule has 0 unspecified atom stereocenters. The molecule has 0 bridgehead atoms. The minimum Gasteiger partial charge on any atom is -0.744 e. The van der Waals surface area contributed by atoms with Crippen molar-refractivity contribution in [3.8, 4) is 0 Å². The summed E-state index contributed by atoms with van der Waals surface area (Å²) < 4.78 is 32.0. The molecule has 0 atom stereocenters. The molecule has 7 heteroatoms. The maximum atomic E-state index is 10.7. The molecule has 0 radical (unpaired) electrons. The molecule has 1 aromatic carbocycles. The summed E-state index contributed by atoms with van der Waals surface area (Å²) in [5, 5.41) is 0.182. The van der Waals surface area contributed by atoms with Gasteiger partial charge in [-0.2, -0.15) is 0 Å². The molecule has 0 aliphatic heterocycles. The van der Waals surface area contributed by atoms with Gasteiger partial charge in [0.15, 0.2) is 0 Å². The Morgan fingerprint density at radius 2 is 1.93 bits per heavy atom. The van der Waals surface area contributed by atoms with Crippen LogP contribution in [0.5, 0.6) is 0 Å². The first-order chi connectivity index (χ1) is 5.82. The quantitative estimate of drug-likeness (QED) is 0.346. The molecule has 4 nitrogen and oxygen atoms in total. The Morgan fingerprint density at radius 3 is 2.36 bits per heavy atom. The first-order valence-corrected chi connectivity index (χ1v) is 5.12. The Hall–Kier alpha value is -0.183. The van der Waals surface area contributed by atoms with Crippen LogP contribution in [0.2, 0.25) is 5.02 Å². The van der Waals surface area contributed by atoms with Crippen molar-refractivity contribution in [1.29, 1.82) is 0 Å². The van der Waals surface area contributed by atoms with Crippen molar-refractivity contribution < 1.29 is 31.8 Å². The number of nitrogen functional groups attached to an aromatic ring is 1. The van der Waals surface area contributed by atoms with Gasteiger partial charge in [-0.25, -0.2) is 8.42 Å². The standard InChI is InChI=1S/C7H8ClNO3S.Li/c1-4-2-5(8)3-6(7(4)9)13(10,11)12;/h2-3H,9H2,1H3,(H,10,11,12);/q;+1/p-1. The number of benzene rings is 1. The molecular formula is C7H7ClLiNO3S. The zero-order chi connectivity index (χ0) is 10.2. The fraction of sp³-hybridized carbons (Fsp3) is 0.143. The molecule has 0 spiro atoms. The maximum absolute atomic E-state index is 10.7. The third-order valence-electron chi connectivity index (χ3n) is 1.58. The smallest absolute Gasteiger partial charge is 0.744 e. The summed E-state index contributed by atoms with van der Waals surface area (Å²) >= 11 is 5.57. The number of hydrogen-bond acceptors (Lipinski definition) is 4. The molecule has 2 N–H and O–H groups in total. The molecule has 0 amide bonds. The maximum Gasteiger partial charge on any atom is 1.00 e. The van der Waals surface area contributed by atoms with Crippen molar-refractivity contribution in [2.24, 2.45) is 0 Å². The van der Waals surface area contributed by atoms with Crippen molar-refractivity contribution in [1.82, 2.24) is 0 Å². The Bertz CT molecular complexity index is 446. The number of anilines is 1. The summed E-state index contributed by atoms with van der Waals surface area (Å²) in [5.41, 5.74) is 5.83. The largest absolute Gasteiger partial charge is 1.00 e. The van der Waals surface area contributed by atoms with Crippen molar-refractivity contribution in [2.75, 3.05) is 5.73 Å². The predicted molar refractivity (Wildman–Crippen MR) is 48.6 cm³/mol. The summed E-state index contributed by atoms with van der Waals surface area (Å²) in [6.45, 7) is 1.58. The van der Waals surface area contributed by atoms with Crippen LogP contribution in [0, 0.1) is 6.92 Å². The second kappa shape index (κ2) is 4.56. The average Bonchev–Trinajstić information content (AvgIpc) is 1.94. The van der Waals surface area contributed by atoms with Crippen LogP contribution in [0.25, 0.3) is 0 Å². The third kappa shape index (κ3) is 2.91. The summed E-state index contributed by atoms with van der Waals surface area (Å²) in [5.74, 6) is 0. The summed E-state index contributed by atoms with van der Waals surface area (Å²) in [7, 11) is -4.54. The molecular weight excluding hydrogens is 221 g/mol. The van der Waals surface area contributed by atoms with Crippen molar-refractivity contribution in [3.05, 3.63) is 22.7 Å². The van der Waals surface area contributed by atoms with E-state index in [4.69, 9.17) is 17.3 Å². The van der Waals surface area contributed by atoms with Crippen molar-refractivity contribution in [3.63, 3.8) is 0 Å². The first-order valence-electron chi connectivity index (χ1n) is 3.34. The van der Waals surface area contributed by atoms with Gasteiger partial charge in [0, 0.05) is 5.02 Å². The second-order valence-electron chi connectivity index (χ2n) is 2.59. The minimum atomic E-state index is -4.54. The van der Waals surface area contributed by atoms with Crippen molar-refractivity contribution >= 4 is 27.4 Å². The van der Waals surface area contributed by atoms with Crippen LogP contribution >= 0.6 is 11.6 Å². The molecule has 0 fully saturated rings. The summed E-state index contributed by atoms with van der Waals surface area (Å²) in [4.78, 5) is -0.461. The Morgan fingerprint density at radius 1 is 1.43 bits per heavy atom. The van der Waals surface area contributed by atoms with Gasteiger partial charge in [-0.05, 0) is 24.6 Å². The van der Waals surface area contributed by atoms with E-state index in [9.17, 15) is 13.0 Å². The summed E-state index contributed by atoms with van der Waals surface area (Å²) in [6, 6.07) is 2.54. The molecule has 0 saturated heterocycles. The number of halogens is 1. The van der Waals surface area contributed by atoms with Gasteiger partial charge in [0.25, 0.3) is 0 Å². The number of aryl methyl sites for hydroxylation is 1. The Balaban J connectivity index is 0.00000169. The van der Waals surface area contributed by atoms with Crippen LogP contribution < -0.4 is 24.6 Å². The van der Waals surface area contributed by atoms with Gasteiger partial charge in [0.1, 0.15) is 10.1 Å². The molecule has 0 aliphatic carbocycles. The van der Waals surface area contributed by atoms with E-state index in [0.717, 1.165) is 6.07 Å². The second-order valence-corrected chi connectivity index (χ2v) is 4.37. The van der Waals surface area contributed by atoms with Crippen LogP contribution in [-0.2, 0) is 10.1 Å². The Labute approximate surface area is 99.4 Å². The zero-order valence-electron chi connectivity index (χ0n) is 7.74. The van der Waals surface area contributed by atoms with E-state index in [-0.39, 0.29) is 29.6 Å². The van der Waals surface area contributed by atoms with Crippen LogP contribution in [-0.4, -0.2) is 13.0 Å². The van der Waals surface area contributed by atoms with Gasteiger partial charge >= 0.3 is 18.9 Å². The van der Waals surface area contributed by atoms with E-state index in [1.54, 1.807) is 6.92 Å². The first kappa shape index (κ1) is 13.8. The van der Waals surface area contributed by atoms with Gasteiger partial charge in [0.05, 0.1) is 10.6 Å². The summed E-state index contributed by atoms with van der Waals surface area (Å²) in [6.07, 6.45) is 0. The molecule has 0 aromatic heterocycles. The molecule has 0 saturated carbocycles. The molecule has 1 rings (SSSR count). The predicted octanol–water partition coefficient (Wildman–Crippen LogP) is -1.86. The van der Waals surface area contributed by atoms with Crippen molar-refractivity contribution in [2.45, 2.75) is 11.8 Å². The van der Waals surface area contributed by atoms with E-state index in [1.165, 1.54) is 6.07 Å². The topological polar surface area (TPSA) is 83.2 Å². The van der Waals surface area contributed by atoms with Gasteiger partial charge in [0.2, 0.25) is 0 Å². The molecule has 72 valence electrons. The van der Waals surface area contributed by atoms with E-state index in [2.05, 4.69) is 0 Å². The SMILES string of the molecule is Cc1cc(Cl)cc(S(=O)(=O)[O-])c1N.[Li+]. The molecule has 14 heavy (non-hydrogen) atoms. The van der Waals surface area contributed by atoms with E-state index in [0.29, 0.717) is 5.56 Å². The zero-order valence-corrected chi connectivity index (χ0v) is 9.32. The molecule has 0 aliphatic rings. The van der Waals surface area contributed by atoms with Gasteiger partial charge in [-0.15, -0.1) is 0 Å². The van der Waals surface area contributed by atoms with Gasteiger partial charge < -0.3 is 10.3 Å². The Kier molecular flexibility index (Phi) is 4.50. The number of hydrogen-bond donors (Lipinski definition) is 1. The van der Waals surface area contributed by atoms with E-state index >= 15 is 0 Å². The average molecular weight is 228 g/mol. The van der Waals surface area contributed by atoms with Crippen LogP contribution in [0.4, 0.5) is 5.69 Å². The number of rotatable bonds is 1. The molecule has 0 heterocycles. The molecule has 1 aromatic rings. The van der Waals surface area contributed by atoms with Crippen LogP contribution in [0.1, 0.15) is 5.56 Å². The fourth-order valence-corrected chi connectivity index (χ4v) is 1.97. The monoisotopic (exact) mass is 227 g/mol. The van der Waals surface area contributed by atoms with Gasteiger partial charge in [-0.1, -0.05) is 11.6 Å². The van der Waals surface area contributed by atoms with Crippen LogP contribution in [0.15, 0.2) is 17.0 Å². The van der Waals surface area contributed by atoms with E-state index in [1.807, 2.05) is 0 Å². The van der Waals surface area contributed by atoms with E-state index < -0.39 is 15.0 Å². The normalized spacial score (nSPS) is 10.8. The van der Waals surface area contributed by atoms with Gasteiger partial charge in [-0.3, -0.25) is 0 Å². The third-order valence-corrected chi connectivity index (χ3v) is 2.68. The van der Waals surface area contributed by atoms with Crippen LogP contribution in [0.3, 0.4) is 0 Å². The number of nitrogens with two attached hydrogens (primary N) is 1. The fourth-order valence-electron chi connectivity index (χ4n) is 0.930. The minimum absolute atomic E-state index is 0.